The van der Waals surface area contributed by atoms with Crippen LogP contribution in [0.2, 0.25) is 5.02 Å². The zero-order valence-corrected chi connectivity index (χ0v) is 13.7. The third-order valence-electron chi connectivity index (χ3n) is 5.52. The lowest BCUT2D eigenvalue weighted by Gasteiger charge is -2.52. The Bertz CT molecular complexity index is 562. The highest BCUT2D eigenvalue weighted by Gasteiger charge is 2.58. The van der Waals surface area contributed by atoms with Crippen molar-refractivity contribution in [3.05, 3.63) is 28.8 Å². The van der Waals surface area contributed by atoms with E-state index in [0.29, 0.717) is 22.9 Å². The van der Waals surface area contributed by atoms with Crippen molar-refractivity contribution in [2.24, 2.45) is 11.3 Å². The van der Waals surface area contributed by atoms with Crippen LogP contribution in [0.4, 0.5) is 0 Å². The first kappa shape index (κ1) is 15.1. The fourth-order valence-corrected chi connectivity index (χ4v) is 5.38. The van der Waals surface area contributed by atoms with Crippen LogP contribution in [-0.4, -0.2) is 35.3 Å². The first-order valence-electron chi connectivity index (χ1n) is 7.64. The molecule has 4 unspecified atom stereocenters. The molecule has 2 N–H and O–H groups in total. The Morgan fingerprint density at radius 1 is 1.29 bits per heavy atom. The van der Waals surface area contributed by atoms with Crippen molar-refractivity contribution in [3.63, 3.8) is 0 Å². The molecule has 1 aromatic carbocycles. The fraction of sp³-hybridized carbons (Fsp3) is 0.647. The summed E-state index contributed by atoms with van der Waals surface area (Å²) in [6.45, 7) is 2.28. The summed E-state index contributed by atoms with van der Waals surface area (Å²) in [5, 5.41) is 22.0. The van der Waals surface area contributed by atoms with Crippen LogP contribution in [0.3, 0.4) is 0 Å². The van der Waals surface area contributed by atoms with Crippen LogP contribution in [0.1, 0.15) is 38.2 Å². The SMILES string of the molecule is CN(C)C1C2(C)CCC(C2)CC1(O)c1cc(O)ccc1Cl. The molecule has 4 atom stereocenters. The van der Waals surface area contributed by atoms with Crippen molar-refractivity contribution < 1.29 is 10.2 Å². The second kappa shape index (κ2) is 4.87. The minimum Gasteiger partial charge on any atom is -0.508 e. The highest BCUT2D eigenvalue weighted by atomic mass is 35.5. The van der Waals surface area contributed by atoms with E-state index in [1.807, 2.05) is 14.1 Å². The third kappa shape index (κ3) is 2.26. The van der Waals surface area contributed by atoms with Gasteiger partial charge in [-0.1, -0.05) is 18.5 Å². The lowest BCUT2D eigenvalue weighted by atomic mass is 9.62. The molecule has 0 aliphatic heterocycles. The summed E-state index contributed by atoms with van der Waals surface area (Å²) >= 11 is 6.36. The topological polar surface area (TPSA) is 43.7 Å². The molecule has 116 valence electrons. The lowest BCUT2D eigenvalue weighted by molar-refractivity contribution is -0.121. The van der Waals surface area contributed by atoms with Crippen molar-refractivity contribution in [3.8, 4) is 5.75 Å². The molecule has 21 heavy (non-hydrogen) atoms. The van der Waals surface area contributed by atoms with Crippen LogP contribution in [0.5, 0.6) is 5.75 Å². The highest BCUT2D eigenvalue weighted by Crippen LogP contribution is 2.59. The number of phenolic OH excluding ortho intramolecular Hbond substituents is 1. The minimum atomic E-state index is -1.01. The number of likely N-dealkylation sites (N-methyl/N-ethyl adjacent to an activating group) is 1. The number of fused-ring (bicyclic) bond motifs is 2. The van der Waals surface area contributed by atoms with Gasteiger partial charge in [-0.2, -0.15) is 0 Å². The number of benzene rings is 1. The molecule has 4 heteroatoms. The van der Waals surface area contributed by atoms with Gasteiger partial charge in [-0.15, -0.1) is 0 Å². The van der Waals surface area contributed by atoms with E-state index in [9.17, 15) is 10.2 Å². The Balaban J connectivity index is 2.15. The summed E-state index contributed by atoms with van der Waals surface area (Å²) in [6, 6.07) is 4.88. The molecule has 0 saturated heterocycles. The van der Waals surface area contributed by atoms with E-state index in [0.717, 1.165) is 12.8 Å². The average molecular weight is 310 g/mol. The van der Waals surface area contributed by atoms with Gasteiger partial charge in [-0.3, -0.25) is 0 Å². The van der Waals surface area contributed by atoms with Crippen LogP contribution < -0.4 is 0 Å². The van der Waals surface area contributed by atoms with Crippen LogP contribution in [0.15, 0.2) is 18.2 Å². The van der Waals surface area contributed by atoms with Gasteiger partial charge >= 0.3 is 0 Å². The quantitative estimate of drug-likeness (QED) is 0.880. The predicted octanol–water partition coefficient (Wildman–Crippen LogP) is 3.37. The molecule has 0 radical (unpaired) electrons. The average Bonchev–Trinajstić information content (AvgIpc) is 2.68. The zero-order valence-electron chi connectivity index (χ0n) is 12.9. The van der Waals surface area contributed by atoms with Crippen LogP contribution in [-0.2, 0) is 5.60 Å². The first-order chi connectivity index (χ1) is 9.76. The first-order valence-corrected chi connectivity index (χ1v) is 8.02. The van der Waals surface area contributed by atoms with E-state index in [1.165, 1.54) is 6.42 Å². The fourth-order valence-electron chi connectivity index (χ4n) is 5.10. The van der Waals surface area contributed by atoms with Crippen molar-refractivity contribution in [2.45, 2.75) is 44.2 Å². The standard InChI is InChI=1S/C17H24ClNO2/c1-16-7-6-11(9-16)10-17(21,15(16)19(2)3)13-8-12(20)4-5-14(13)18/h4-5,8,11,15,20-21H,6-7,9-10H2,1-3H3. The maximum absolute atomic E-state index is 11.6. The number of hydrogen-bond donors (Lipinski definition) is 2. The van der Waals surface area contributed by atoms with E-state index in [2.05, 4.69) is 11.8 Å². The number of hydrogen-bond acceptors (Lipinski definition) is 3. The van der Waals surface area contributed by atoms with Crippen LogP contribution in [0.25, 0.3) is 0 Å². The zero-order chi connectivity index (χ0) is 15.4. The highest BCUT2D eigenvalue weighted by molar-refractivity contribution is 6.31. The summed E-state index contributed by atoms with van der Waals surface area (Å²) in [6.07, 6.45) is 4.18. The van der Waals surface area contributed by atoms with Crippen molar-refractivity contribution in [2.75, 3.05) is 14.1 Å². The Kier molecular flexibility index (Phi) is 3.51. The predicted molar refractivity (Wildman–Crippen MR) is 84.6 cm³/mol. The van der Waals surface area contributed by atoms with Crippen molar-refractivity contribution in [1.29, 1.82) is 0 Å². The summed E-state index contributed by atoms with van der Waals surface area (Å²) in [5.74, 6) is 0.693. The van der Waals surface area contributed by atoms with Gasteiger partial charge < -0.3 is 15.1 Å². The molecule has 3 rings (SSSR count). The summed E-state index contributed by atoms with van der Waals surface area (Å²) in [4.78, 5) is 2.13. The third-order valence-corrected chi connectivity index (χ3v) is 5.85. The molecule has 2 fully saturated rings. The maximum Gasteiger partial charge on any atom is 0.116 e. The summed E-state index contributed by atoms with van der Waals surface area (Å²) < 4.78 is 0. The Morgan fingerprint density at radius 2 is 2.00 bits per heavy atom. The van der Waals surface area contributed by atoms with Gasteiger partial charge in [0.2, 0.25) is 0 Å². The largest absolute Gasteiger partial charge is 0.508 e. The van der Waals surface area contributed by atoms with E-state index in [-0.39, 0.29) is 17.2 Å². The second-order valence-corrected chi connectivity index (χ2v) is 7.83. The second-order valence-electron chi connectivity index (χ2n) is 7.42. The number of rotatable bonds is 2. The van der Waals surface area contributed by atoms with Gasteiger partial charge in [-0.25, -0.2) is 0 Å². The molecule has 2 aliphatic carbocycles. The van der Waals surface area contributed by atoms with E-state index >= 15 is 0 Å². The number of aliphatic hydroxyl groups is 1. The molecule has 0 amide bonds. The monoisotopic (exact) mass is 309 g/mol. The Morgan fingerprint density at radius 3 is 2.67 bits per heavy atom. The van der Waals surface area contributed by atoms with Crippen molar-refractivity contribution >= 4 is 11.6 Å². The van der Waals surface area contributed by atoms with Crippen LogP contribution >= 0.6 is 11.6 Å². The molecular formula is C17H24ClNO2. The molecule has 2 bridgehead atoms. The summed E-state index contributed by atoms with van der Waals surface area (Å²) in [7, 11) is 4.05. The molecule has 0 aromatic heterocycles. The Labute approximate surface area is 131 Å². The van der Waals surface area contributed by atoms with Gasteiger partial charge in [0.05, 0.1) is 0 Å². The normalized spacial score (nSPS) is 39.0. The number of nitrogens with zero attached hydrogens (tertiary/aromatic N) is 1. The van der Waals surface area contributed by atoms with E-state index in [4.69, 9.17) is 11.6 Å². The summed E-state index contributed by atoms with van der Waals surface area (Å²) in [5.41, 5.74) is -0.246. The van der Waals surface area contributed by atoms with Gasteiger partial charge in [0, 0.05) is 16.6 Å². The minimum absolute atomic E-state index is 0.00282. The van der Waals surface area contributed by atoms with Gasteiger partial charge in [0.25, 0.3) is 0 Å². The smallest absolute Gasteiger partial charge is 0.116 e. The number of phenols is 1. The number of aromatic hydroxyl groups is 1. The maximum atomic E-state index is 11.6. The van der Waals surface area contributed by atoms with Gasteiger partial charge in [-0.05, 0) is 69.3 Å². The van der Waals surface area contributed by atoms with E-state index in [1.54, 1.807) is 18.2 Å². The molecular weight excluding hydrogens is 286 g/mol. The molecule has 1 aromatic rings. The number of halogens is 1. The Hall–Kier alpha value is -0.770. The van der Waals surface area contributed by atoms with Crippen LogP contribution in [0, 0.1) is 11.3 Å². The molecule has 2 aliphatic rings. The van der Waals surface area contributed by atoms with E-state index < -0.39 is 5.60 Å². The van der Waals surface area contributed by atoms with Gasteiger partial charge in [0.1, 0.15) is 11.4 Å². The molecule has 0 spiro atoms. The molecule has 3 nitrogen and oxygen atoms in total. The lowest BCUT2D eigenvalue weighted by Crippen LogP contribution is -2.58. The van der Waals surface area contributed by atoms with Crippen molar-refractivity contribution in [1.82, 2.24) is 4.90 Å². The molecule has 0 heterocycles. The van der Waals surface area contributed by atoms with Gasteiger partial charge in [0.15, 0.2) is 0 Å². The molecule has 2 saturated carbocycles.